The molecule has 1 saturated carbocycles. The molecule has 1 aromatic rings. The number of nitrogens with zero attached hydrogens (tertiary/aromatic N) is 3. The number of hydrogen-bond acceptors (Lipinski definition) is 4. The van der Waals surface area contributed by atoms with Gasteiger partial charge < -0.3 is 15.1 Å². The third kappa shape index (κ3) is 4.81. The molecule has 0 spiro atoms. The molecule has 0 bridgehead atoms. The van der Waals surface area contributed by atoms with E-state index >= 15 is 0 Å². The van der Waals surface area contributed by atoms with Crippen LogP contribution in [0.4, 0.5) is 4.79 Å². The third-order valence-corrected chi connectivity index (χ3v) is 8.55. The minimum Gasteiger partial charge on any atom is -0.338 e. The maximum atomic E-state index is 12.9. The van der Waals surface area contributed by atoms with E-state index < -0.39 is 10.0 Å². The van der Waals surface area contributed by atoms with Crippen molar-refractivity contribution in [2.24, 2.45) is 5.92 Å². The smallest absolute Gasteiger partial charge is 0.317 e. The highest BCUT2D eigenvalue weighted by molar-refractivity contribution is 7.89. The van der Waals surface area contributed by atoms with Gasteiger partial charge in [0.05, 0.1) is 4.90 Å². The number of rotatable bonds is 6. The van der Waals surface area contributed by atoms with Crippen LogP contribution < -0.4 is 5.32 Å². The number of carbonyl (C=O) groups excluding carboxylic acids is 1. The SMILES string of the molecule is CC(C)c1ccc(S(=O)(=O)N2CCN(C(=O)NCC3CCN(C4CC4)C3)CC2)cc1. The lowest BCUT2D eigenvalue weighted by Crippen LogP contribution is -2.53. The molecule has 2 heterocycles. The van der Waals surface area contributed by atoms with Crippen LogP contribution in [0.25, 0.3) is 0 Å². The molecule has 2 saturated heterocycles. The number of hydrogen-bond donors (Lipinski definition) is 1. The number of carbonyl (C=O) groups is 1. The van der Waals surface area contributed by atoms with Crippen molar-refractivity contribution >= 4 is 16.1 Å². The number of nitrogens with one attached hydrogen (secondary N) is 1. The van der Waals surface area contributed by atoms with E-state index in [9.17, 15) is 13.2 Å². The normalized spacial score (nSPS) is 23.8. The Morgan fingerprint density at radius 3 is 2.30 bits per heavy atom. The number of likely N-dealkylation sites (tertiary alicyclic amines) is 1. The Balaban J connectivity index is 1.25. The first kappa shape index (κ1) is 21.6. The van der Waals surface area contributed by atoms with Gasteiger partial charge in [0.25, 0.3) is 0 Å². The van der Waals surface area contributed by atoms with E-state index in [0.29, 0.717) is 49.5 Å². The molecule has 1 aromatic carbocycles. The van der Waals surface area contributed by atoms with Crippen molar-refractivity contribution in [3.05, 3.63) is 29.8 Å². The zero-order valence-corrected chi connectivity index (χ0v) is 18.9. The van der Waals surface area contributed by atoms with Gasteiger partial charge in [-0.25, -0.2) is 13.2 Å². The molecule has 7 nitrogen and oxygen atoms in total. The van der Waals surface area contributed by atoms with E-state index in [4.69, 9.17) is 0 Å². The van der Waals surface area contributed by atoms with Crippen LogP contribution in [0.1, 0.15) is 44.6 Å². The van der Waals surface area contributed by atoms with Crippen LogP contribution in [0, 0.1) is 5.92 Å². The standard InChI is InChI=1S/C22H34N4O3S/c1-17(2)19-3-7-21(8-4-19)30(28,29)26-13-11-24(12-14-26)22(27)23-15-18-9-10-25(16-18)20-5-6-20/h3-4,7-8,17-18,20H,5-6,9-16H2,1-2H3,(H,23,27). The average Bonchev–Trinajstić information content (AvgIpc) is 3.50. The van der Waals surface area contributed by atoms with Crippen molar-refractivity contribution in [1.82, 2.24) is 19.4 Å². The number of amides is 2. The molecule has 2 aliphatic heterocycles. The molecule has 8 heteroatoms. The molecule has 30 heavy (non-hydrogen) atoms. The highest BCUT2D eigenvalue weighted by atomic mass is 32.2. The summed E-state index contributed by atoms with van der Waals surface area (Å²) in [7, 11) is -3.52. The molecule has 3 fully saturated rings. The van der Waals surface area contributed by atoms with Gasteiger partial charge in [-0.3, -0.25) is 0 Å². The van der Waals surface area contributed by atoms with Crippen LogP contribution in [0.2, 0.25) is 0 Å². The summed E-state index contributed by atoms with van der Waals surface area (Å²) in [6.07, 6.45) is 3.81. The Kier molecular flexibility index (Phi) is 6.36. The fourth-order valence-corrected chi connectivity index (χ4v) is 5.87. The second-order valence-corrected chi connectivity index (χ2v) is 11.1. The highest BCUT2D eigenvalue weighted by Crippen LogP contribution is 2.31. The average molecular weight is 435 g/mol. The molecular formula is C22H34N4O3S. The van der Waals surface area contributed by atoms with Crippen molar-refractivity contribution in [1.29, 1.82) is 0 Å². The minimum absolute atomic E-state index is 0.0711. The monoisotopic (exact) mass is 434 g/mol. The van der Waals surface area contributed by atoms with Gasteiger partial charge >= 0.3 is 6.03 Å². The largest absolute Gasteiger partial charge is 0.338 e. The van der Waals surface area contributed by atoms with Crippen molar-refractivity contribution in [2.45, 2.75) is 50.0 Å². The van der Waals surface area contributed by atoms with Crippen LogP contribution in [0.5, 0.6) is 0 Å². The predicted molar refractivity (Wildman–Crippen MR) is 117 cm³/mol. The van der Waals surface area contributed by atoms with Gasteiger partial charge in [0.1, 0.15) is 0 Å². The summed E-state index contributed by atoms with van der Waals surface area (Å²) in [6, 6.07) is 7.87. The Hall–Kier alpha value is -1.64. The number of piperazine rings is 1. The second-order valence-electron chi connectivity index (χ2n) is 9.18. The van der Waals surface area contributed by atoms with Crippen LogP contribution >= 0.6 is 0 Å². The van der Waals surface area contributed by atoms with Gasteiger partial charge in [-0.05, 0) is 55.3 Å². The topological polar surface area (TPSA) is 73.0 Å². The van der Waals surface area contributed by atoms with E-state index in [-0.39, 0.29) is 6.03 Å². The summed E-state index contributed by atoms with van der Waals surface area (Å²) in [5.41, 5.74) is 1.12. The van der Waals surface area contributed by atoms with E-state index in [1.54, 1.807) is 17.0 Å². The summed E-state index contributed by atoms with van der Waals surface area (Å²) in [5.74, 6) is 0.898. The zero-order valence-electron chi connectivity index (χ0n) is 18.1. The van der Waals surface area contributed by atoms with Crippen LogP contribution in [0.3, 0.4) is 0 Å². The highest BCUT2D eigenvalue weighted by Gasteiger charge is 2.35. The molecule has 166 valence electrons. The number of urea groups is 1. The second kappa shape index (κ2) is 8.85. The Bertz CT molecular complexity index is 844. The third-order valence-electron chi connectivity index (χ3n) is 6.63. The summed E-state index contributed by atoms with van der Waals surface area (Å²) in [5, 5.41) is 3.07. The van der Waals surface area contributed by atoms with E-state index in [2.05, 4.69) is 24.1 Å². The molecule has 1 atom stereocenters. The van der Waals surface area contributed by atoms with Crippen LogP contribution in [0.15, 0.2) is 29.2 Å². The molecule has 2 amide bonds. The minimum atomic E-state index is -3.52. The maximum absolute atomic E-state index is 12.9. The van der Waals surface area contributed by atoms with Crippen LogP contribution in [-0.4, -0.2) is 80.4 Å². The van der Waals surface area contributed by atoms with Gasteiger partial charge in [-0.2, -0.15) is 4.31 Å². The molecular weight excluding hydrogens is 400 g/mol. The number of sulfonamides is 1. The molecule has 1 N–H and O–H groups in total. The molecule has 1 aliphatic carbocycles. The fraction of sp³-hybridized carbons (Fsp3) is 0.682. The zero-order chi connectivity index (χ0) is 21.3. The molecule has 1 unspecified atom stereocenters. The van der Waals surface area contributed by atoms with Gasteiger partial charge in [-0.15, -0.1) is 0 Å². The van der Waals surface area contributed by atoms with Gasteiger partial charge in [0.15, 0.2) is 0 Å². The van der Waals surface area contributed by atoms with Crippen molar-refractivity contribution in [2.75, 3.05) is 45.8 Å². The Labute approximate surface area is 180 Å². The molecule has 0 radical (unpaired) electrons. The fourth-order valence-electron chi connectivity index (χ4n) is 4.45. The Morgan fingerprint density at radius 2 is 1.70 bits per heavy atom. The Morgan fingerprint density at radius 1 is 1.03 bits per heavy atom. The summed E-state index contributed by atoms with van der Waals surface area (Å²) >= 11 is 0. The van der Waals surface area contributed by atoms with Gasteiger partial charge in [0, 0.05) is 45.3 Å². The van der Waals surface area contributed by atoms with Gasteiger partial charge in [-0.1, -0.05) is 26.0 Å². The van der Waals surface area contributed by atoms with E-state index in [1.807, 2.05) is 12.1 Å². The predicted octanol–water partition coefficient (Wildman–Crippen LogP) is 2.31. The van der Waals surface area contributed by atoms with Crippen molar-refractivity contribution in [3.63, 3.8) is 0 Å². The summed E-state index contributed by atoms with van der Waals surface area (Å²) in [6.45, 7) is 8.64. The lowest BCUT2D eigenvalue weighted by Gasteiger charge is -2.34. The van der Waals surface area contributed by atoms with E-state index in [1.165, 1.54) is 17.1 Å². The number of benzene rings is 1. The maximum Gasteiger partial charge on any atom is 0.317 e. The van der Waals surface area contributed by atoms with E-state index in [0.717, 1.165) is 31.1 Å². The molecule has 0 aromatic heterocycles. The first-order valence-electron chi connectivity index (χ1n) is 11.2. The molecule has 3 aliphatic rings. The first-order chi connectivity index (χ1) is 14.3. The summed E-state index contributed by atoms with van der Waals surface area (Å²) in [4.78, 5) is 17.2. The quantitative estimate of drug-likeness (QED) is 0.746. The lowest BCUT2D eigenvalue weighted by molar-refractivity contribution is 0.171. The summed E-state index contributed by atoms with van der Waals surface area (Å²) < 4.78 is 27.4. The molecule has 4 rings (SSSR count). The lowest BCUT2D eigenvalue weighted by atomic mass is 10.0. The van der Waals surface area contributed by atoms with Crippen molar-refractivity contribution in [3.8, 4) is 0 Å². The van der Waals surface area contributed by atoms with Crippen molar-refractivity contribution < 1.29 is 13.2 Å². The van der Waals surface area contributed by atoms with Crippen LogP contribution in [-0.2, 0) is 10.0 Å². The first-order valence-corrected chi connectivity index (χ1v) is 12.7. The van der Waals surface area contributed by atoms with Gasteiger partial charge in [0.2, 0.25) is 10.0 Å².